The van der Waals surface area contributed by atoms with E-state index in [1.54, 1.807) is 0 Å². The molecule has 0 spiro atoms. The lowest BCUT2D eigenvalue weighted by Crippen LogP contribution is -2.50. The largest absolute Gasteiger partial charge is 0.288 e. The third-order valence-corrected chi connectivity index (χ3v) is 9.05. The number of aryl methyl sites for hydroxylation is 1. The summed E-state index contributed by atoms with van der Waals surface area (Å²) in [6, 6.07) is 6.64. The minimum atomic E-state index is -0.331. The smallest absolute Gasteiger partial charge is 0.169 e. The quantitative estimate of drug-likeness (QED) is 0.200. The Bertz CT molecular complexity index is 1150. The zero-order valence-corrected chi connectivity index (χ0v) is 23.5. The Morgan fingerprint density at radius 1 is 1.12 bits per heavy atom. The van der Waals surface area contributed by atoms with Gasteiger partial charge in [0.2, 0.25) is 0 Å². The van der Waals surface area contributed by atoms with Crippen LogP contribution in [-0.2, 0) is 18.6 Å². The highest BCUT2D eigenvalue weighted by Gasteiger charge is 2.48. The van der Waals surface area contributed by atoms with E-state index in [1.165, 1.54) is 54.5 Å². The Balaban J connectivity index is 1.88. The highest BCUT2D eigenvalue weighted by molar-refractivity contribution is 7.18. The van der Waals surface area contributed by atoms with Crippen molar-refractivity contribution in [2.24, 2.45) is 17.5 Å². The normalized spacial score (nSPS) is 20.6. The maximum absolute atomic E-state index is 8.70. The summed E-state index contributed by atoms with van der Waals surface area (Å²) in [6.45, 7) is 15.5. The summed E-state index contributed by atoms with van der Waals surface area (Å²) < 4.78 is 2.05. The maximum Gasteiger partial charge on any atom is 0.169 e. The van der Waals surface area contributed by atoms with Crippen molar-refractivity contribution in [2.75, 3.05) is 4.90 Å². The molecular weight excluding hydrogens is 437 g/mol. The number of anilines is 1. The van der Waals surface area contributed by atoms with Gasteiger partial charge in [-0.05, 0) is 57.1 Å². The molecule has 0 amide bonds. The Morgan fingerprint density at radius 3 is 2.47 bits per heavy atom. The summed E-state index contributed by atoms with van der Waals surface area (Å²) in [6.07, 6.45) is 7.32. The van der Waals surface area contributed by atoms with Gasteiger partial charge < -0.3 is 0 Å². The van der Waals surface area contributed by atoms with Crippen LogP contribution in [0, 0.1) is 10.8 Å². The molecular formula is C28H42N5P. The Labute approximate surface area is 208 Å². The molecule has 4 rings (SSSR count). The van der Waals surface area contributed by atoms with Crippen LogP contribution in [0.4, 0.5) is 5.82 Å². The van der Waals surface area contributed by atoms with E-state index in [9.17, 15) is 0 Å². The fourth-order valence-electron chi connectivity index (χ4n) is 5.53. The Kier molecular flexibility index (Phi) is 6.34. The SMILES string of the molecule is CCCCCCC(C)(C)Cc1c2c(nn1C)N(C(C)=N)C1=NC(C)(C)C(C)(P)c3cccc-2c31. The van der Waals surface area contributed by atoms with Crippen LogP contribution in [0.1, 0.15) is 97.4 Å². The topological polar surface area (TPSA) is 57.3 Å². The maximum atomic E-state index is 8.70. The molecule has 1 aromatic carbocycles. The number of amidine groups is 2. The van der Waals surface area contributed by atoms with Gasteiger partial charge in [-0.3, -0.25) is 20.0 Å². The molecule has 2 aliphatic heterocycles. The molecule has 0 radical (unpaired) electrons. The molecule has 0 bridgehead atoms. The summed E-state index contributed by atoms with van der Waals surface area (Å²) >= 11 is 0. The van der Waals surface area contributed by atoms with Gasteiger partial charge in [0, 0.05) is 29.0 Å². The molecule has 184 valence electrons. The van der Waals surface area contributed by atoms with Crippen molar-refractivity contribution >= 4 is 26.7 Å². The van der Waals surface area contributed by atoms with Crippen LogP contribution in [0.25, 0.3) is 11.1 Å². The van der Waals surface area contributed by atoms with E-state index >= 15 is 0 Å². The van der Waals surface area contributed by atoms with Crippen LogP contribution in [0.3, 0.4) is 0 Å². The molecule has 6 heteroatoms. The average molecular weight is 480 g/mol. The van der Waals surface area contributed by atoms with E-state index in [4.69, 9.17) is 15.5 Å². The van der Waals surface area contributed by atoms with Gasteiger partial charge in [-0.1, -0.05) is 64.7 Å². The van der Waals surface area contributed by atoms with Crippen LogP contribution < -0.4 is 4.90 Å². The van der Waals surface area contributed by atoms with Crippen molar-refractivity contribution in [3.05, 3.63) is 35.0 Å². The molecule has 2 unspecified atom stereocenters. The molecule has 5 nitrogen and oxygen atoms in total. The zero-order valence-electron chi connectivity index (χ0n) is 22.3. The van der Waals surface area contributed by atoms with Crippen LogP contribution in [-0.4, -0.2) is 27.0 Å². The molecule has 3 heterocycles. The predicted octanol–water partition coefficient (Wildman–Crippen LogP) is 7.07. The minimum Gasteiger partial charge on any atom is -0.288 e. The zero-order chi connectivity index (χ0) is 25.1. The summed E-state index contributed by atoms with van der Waals surface area (Å²) in [5, 5.41) is 13.5. The second kappa shape index (κ2) is 8.59. The second-order valence-electron chi connectivity index (χ2n) is 11.8. The number of hydrogen-bond acceptors (Lipinski definition) is 3. The highest BCUT2D eigenvalue weighted by Crippen LogP contribution is 2.53. The van der Waals surface area contributed by atoms with Gasteiger partial charge in [0.15, 0.2) is 5.82 Å². The van der Waals surface area contributed by atoms with E-state index in [1.807, 2.05) is 11.8 Å². The molecule has 1 N–H and O–H groups in total. The van der Waals surface area contributed by atoms with Crippen molar-refractivity contribution in [3.8, 4) is 11.1 Å². The molecule has 0 saturated carbocycles. The highest BCUT2D eigenvalue weighted by atomic mass is 31.0. The Morgan fingerprint density at radius 2 is 1.82 bits per heavy atom. The number of aliphatic imine (C=N–C) groups is 1. The number of fused-ring (bicyclic) bond motifs is 2. The molecule has 2 aromatic rings. The fraction of sp³-hybridized carbons (Fsp3) is 0.607. The summed E-state index contributed by atoms with van der Waals surface area (Å²) in [7, 11) is 5.13. The van der Waals surface area contributed by atoms with E-state index in [2.05, 4.69) is 80.7 Å². The standard InChI is InChI=1S/C28H42N5P/c1-9-10-11-12-16-26(3,4)17-21-23-19-14-13-15-20-22(19)24(30-27(5,6)28(20,7)34)33(18(2)29)25(23)31-32(21)8/h13-15,29H,9-12,16-17,34H2,1-8H3. The van der Waals surface area contributed by atoms with Crippen molar-refractivity contribution < 1.29 is 0 Å². The summed E-state index contributed by atoms with van der Waals surface area (Å²) in [5.41, 5.74) is 5.92. The van der Waals surface area contributed by atoms with Gasteiger partial charge in [0.1, 0.15) is 11.7 Å². The molecule has 0 fully saturated rings. The lowest BCUT2D eigenvalue weighted by molar-refractivity contribution is 0.310. The summed E-state index contributed by atoms with van der Waals surface area (Å²) in [5.74, 6) is 2.16. The number of aromatic nitrogens is 2. The number of hydrogen-bond donors (Lipinski definition) is 1. The van der Waals surface area contributed by atoms with Crippen molar-refractivity contribution in [2.45, 2.75) is 97.7 Å². The van der Waals surface area contributed by atoms with Gasteiger partial charge in [-0.25, -0.2) is 0 Å². The number of rotatable bonds is 7. The van der Waals surface area contributed by atoms with Crippen LogP contribution >= 0.6 is 9.24 Å². The fourth-order valence-corrected chi connectivity index (χ4v) is 5.84. The van der Waals surface area contributed by atoms with Crippen molar-refractivity contribution in [1.82, 2.24) is 9.78 Å². The first-order valence-electron chi connectivity index (χ1n) is 12.8. The lowest BCUT2D eigenvalue weighted by Gasteiger charge is -2.47. The first-order chi connectivity index (χ1) is 15.8. The molecule has 0 aliphatic carbocycles. The van der Waals surface area contributed by atoms with Crippen LogP contribution in [0.2, 0.25) is 0 Å². The number of unbranched alkanes of at least 4 members (excludes halogenated alkanes) is 3. The van der Waals surface area contributed by atoms with E-state index < -0.39 is 0 Å². The second-order valence-corrected chi connectivity index (χ2v) is 12.9. The number of nitrogens with one attached hydrogen (secondary N) is 1. The third-order valence-electron chi connectivity index (χ3n) is 8.03. The van der Waals surface area contributed by atoms with E-state index in [0.717, 1.165) is 23.6 Å². The van der Waals surface area contributed by atoms with Crippen molar-refractivity contribution in [3.63, 3.8) is 0 Å². The predicted molar refractivity (Wildman–Crippen MR) is 148 cm³/mol. The Hall–Kier alpha value is -2.00. The van der Waals surface area contributed by atoms with E-state index in [-0.39, 0.29) is 16.1 Å². The van der Waals surface area contributed by atoms with Gasteiger partial charge in [0.25, 0.3) is 0 Å². The first kappa shape index (κ1) is 25.1. The van der Waals surface area contributed by atoms with Gasteiger partial charge >= 0.3 is 0 Å². The average Bonchev–Trinajstić information content (AvgIpc) is 3.04. The number of benzene rings is 1. The van der Waals surface area contributed by atoms with Crippen LogP contribution in [0.15, 0.2) is 23.2 Å². The third kappa shape index (κ3) is 3.94. The molecule has 2 atom stereocenters. The lowest BCUT2D eigenvalue weighted by atomic mass is 9.74. The molecule has 2 aliphatic rings. The van der Waals surface area contributed by atoms with Crippen molar-refractivity contribution in [1.29, 1.82) is 5.41 Å². The molecule has 1 aromatic heterocycles. The first-order valence-corrected chi connectivity index (χ1v) is 13.3. The van der Waals surface area contributed by atoms with Crippen LogP contribution in [0.5, 0.6) is 0 Å². The molecule has 34 heavy (non-hydrogen) atoms. The van der Waals surface area contributed by atoms with Gasteiger partial charge in [-0.2, -0.15) is 5.10 Å². The summed E-state index contributed by atoms with van der Waals surface area (Å²) in [4.78, 5) is 7.22. The minimum absolute atomic E-state index is 0.181. The monoisotopic (exact) mass is 479 g/mol. The van der Waals surface area contributed by atoms with Gasteiger partial charge in [0.05, 0.1) is 5.54 Å². The van der Waals surface area contributed by atoms with Gasteiger partial charge in [-0.15, -0.1) is 9.24 Å². The van der Waals surface area contributed by atoms with E-state index in [0.29, 0.717) is 5.84 Å². The number of nitrogens with zero attached hydrogens (tertiary/aromatic N) is 4. The molecule has 0 saturated heterocycles.